The Morgan fingerprint density at radius 1 is 1.06 bits per heavy atom. The highest BCUT2D eigenvalue weighted by Crippen LogP contribution is 2.21. The molecule has 3 aromatic rings. The van der Waals surface area contributed by atoms with Crippen LogP contribution < -0.4 is 9.94 Å². The average Bonchev–Trinajstić information content (AvgIpc) is 3.09. The molecule has 1 amide bonds. The summed E-state index contributed by atoms with van der Waals surface area (Å²) in [4.78, 5) is 28.9. The third-order valence-corrected chi connectivity index (χ3v) is 8.47. The molecule has 1 heterocycles. The topological polar surface area (TPSA) is 155 Å². The molecule has 0 bridgehead atoms. The summed E-state index contributed by atoms with van der Waals surface area (Å²) in [7, 11) is -7.48. The van der Waals surface area contributed by atoms with Crippen molar-refractivity contribution in [2.24, 2.45) is 10.1 Å². The second-order valence-electron chi connectivity index (χ2n) is 7.19. The lowest BCUT2D eigenvalue weighted by atomic mass is 10.3. The van der Waals surface area contributed by atoms with Crippen LogP contribution in [-0.2, 0) is 40.7 Å². The van der Waals surface area contributed by atoms with Gasteiger partial charge in [0.05, 0.1) is 32.4 Å². The molecule has 0 aliphatic carbocycles. The third-order valence-electron chi connectivity index (χ3n) is 4.70. The van der Waals surface area contributed by atoms with Gasteiger partial charge in [0.15, 0.2) is 14.6 Å². The number of carbonyl (C=O) groups is 2. The molecule has 2 N–H and O–H groups in total. The Hall–Kier alpha value is -2.87. The molecule has 0 aliphatic rings. The molecule has 0 spiro atoms. The number of hydrogen-bond donors (Lipinski definition) is 1. The van der Waals surface area contributed by atoms with Crippen LogP contribution in [0, 0.1) is 0 Å². The fourth-order valence-electron chi connectivity index (χ4n) is 3.13. The number of nitrogens with two attached hydrogens (primary N) is 1. The van der Waals surface area contributed by atoms with Gasteiger partial charge in [-0.1, -0.05) is 29.5 Å². The SMILES string of the molecule is CCOC(=O)Cn1c(=NC(=O)CCCS(=O)(=O)c2ccccc2)sc2cc(S(N)(=O)=O)ccc21. The van der Waals surface area contributed by atoms with Crippen molar-refractivity contribution in [3.63, 3.8) is 0 Å². The Bertz CT molecular complexity index is 1490. The number of sulfone groups is 1. The molecule has 0 saturated heterocycles. The van der Waals surface area contributed by atoms with Crippen LogP contribution in [0.3, 0.4) is 0 Å². The monoisotopic (exact) mass is 525 g/mol. The van der Waals surface area contributed by atoms with E-state index in [1.807, 2.05) is 0 Å². The number of primary sulfonamides is 1. The summed E-state index contributed by atoms with van der Waals surface area (Å²) < 4.78 is 55.0. The Morgan fingerprint density at radius 3 is 2.41 bits per heavy atom. The van der Waals surface area contributed by atoms with Crippen molar-refractivity contribution in [2.75, 3.05) is 12.4 Å². The predicted molar refractivity (Wildman–Crippen MR) is 126 cm³/mol. The standard InChI is InChI=1S/C21H23N3O7S3/c1-2-31-20(26)14-24-17-11-10-16(34(22,29)30)13-18(17)32-21(24)23-19(25)9-6-12-33(27,28)15-7-4-3-5-8-15/h3-5,7-8,10-11,13H,2,6,9,12,14H2,1H3,(H2,22,29,30). The normalized spacial score (nSPS) is 12.7. The van der Waals surface area contributed by atoms with Crippen molar-refractivity contribution in [1.82, 2.24) is 4.57 Å². The number of hydrogen-bond acceptors (Lipinski definition) is 8. The maximum absolute atomic E-state index is 12.5. The summed E-state index contributed by atoms with van der Waals surface area (Å²) in [5.41, 5.74) is 0.476. The molecule has 0 saturated carbocycles. The van der Waals surface area contributed by atoms with E-state index in [4.69, 9.17) is 9.88 Å². The number of rotatable bonds is 9. The summed E-state index contributed by atoms with van der Waals surface area (Å²) in [6.45, 7) is 1.58. The van der Waals surface area contributed by atoms with Gasteiger partial charge in [-0.05, 0) is 43.7 Å². The van der Waals surface area contributed by atoms with Crippen LogP contribution >= 0.6 is 11.3 Å². The zero-order chi connectivity index (χ0) is 24.9. The molecule has 0 aliphatic heterocycles. The fraction of sp³-hybridized carbons (Fsp3) is 0.286. The minimum atomic E-state index is -3.95. The Labute approximate surface area is 200 Å². The lowest BCUT2D eigenvalue weighted by Gasteiger charge is -2.06. The molecule has 34 heavy (non-hydrogen) atoms. The molecule has 10 nitrogen and oxygen atoms in total. The van der Waals surface area contributed by atoms with E-state index in [1.54, 1.807) is 25.1 Å². The molecule has 0 fully saturated rings. The van der Waals surface area contributed by atoms with Crippen LogP contribution in [0.2, 0.25) is 0 Å². The highest BCUT2D eigenvalue weighted by atomic mass is 32.2. The van der Waals surface area contributed by atoms with Crippen molar-refractivity contribution in [3.05, 3.63) is 53.3 Å². The van der Waals surface area contributed by atoms with Crippen molar-refractivity contribution in [2.45, 2.75) is 36.1 Å². The van der Waals surface area contributed by atoms with Crippen LogP contribution in [0.15, 0.2) is 63.3 Å². The Morgan fingerprint density at radius 2 is 1.76 bits per heavy atom. The molecule has 0 unspecified atom stereocenters. The first-order valence-electron chi connectivity index (χ1n) is 10.2. The molecule has 182 valence electrons. The van der Waals surface area contributed by atoms with E-state index in [9.17, 15) is 26.4 Å². The molecule has 0 radical (unpaired) electrons. The van der Waals surface area contributed by atoms with E-state index in [0.29, 0.717) is 10.2 Å². The predicted octanol–water partition coefficient (Wildman–Crippen LogP) is 1.59. The number of amides is 1. The summed E-state index contributed by atoms with van der Waals surface area (Å²) >= 11 is 1.01. The number of fused-ring (bicyclic) bond motifs is 1. The van der Waals surface area contributed by atoms with Crippen LogP contribution in [0.5, 0.6) is 0 Å². The Balaban J connectivity index is 1.87. The van der Waals surface area contributed by atoms with Gasteiger partial charge in [0, 0.05) is 6.42 Å². The zero-order valence-corrected chi connectivity index (χ0v) is 20.7. The molecule has 1 aromatic heterocycles. The van der Waals surface area contributed by atoms with Gasteiger partial charge in [-0.15, -0.1) is 0 Å². The van der Waals surface area contributed by atoms with Crippen molar-refractivity contribution in [1.29, 1.82) is 0 Å². The molecule has 2 aromatic carbocycles. The molecule has 13 heteroatoms. The largest absolute Gasteiger partial charge is 0.465 e. The molecular weight excluding hydrogens is 502 g/mol. The number of ether oxygens (including phenoxy) is 1. The van der Waals surface area contributed by atoms with Crippen molar-refractivity contribution < 1.29 is 31.2 Å². The molecular formula is C21H23N3O7S3. The number of carbonyl (C=O) groups excluding carboxylic acids is 2. The average molecular weight is 526 g/mol. The minimum Gasteiger partial charge on any atom is -0.465 e. The van der Waals surface area contributed by atoms with Gasteiger partial charge in [-0.25, -0.2) is 22.0 Å². The number of sulfonamides is 1. The number of nitrogens with zero attached hydrogens (tertiary/aromatic N) is 2. The van der Waals surface area contributed by atoms with Crippen LogP contribution in [0.25, 0.3) is 10.2 Å². The summed E-state index contributed by atoms with van der Waals surface area (Å²) in [6.07, 6.45) is -0.0555. The third kappa shape index (κ3) is 6.38. The van der Waals surface area contributed by atoms with Crippen LogP contribution in [-0.4, -0.2) is 45.6 Å². The maximum Gasteiger partial charge on any atom is 0.326 e. The summed E-state index contributed by atoms with van der Waals surface area (Å²) in [6, 6.07) is 12.1. The van der Waals surface area contributed by atoms with E-state index in [0.717, 1.165) is 11.3 Å². The Kier molecular flexibility index (Phi) is 8.02. The second kappa shape index (κ2) is 10.6. The van der Waals surface area contributed by atoms with Crippen LogP contribution in [0.1, 0.15) is 19.8 Å². The van der Waals surface area contributed by atoms with E-state index < -0.39 is 31.7 Å². The second-order valence-corrected chi connectivity index (χ2v) is 11.9. The van der Waals surface area contributed by atoms with Crippen molar-refractivity contribution in [3.8, 4) is 0 Å². The number of esters is 1. The van der Waals surface area contributed by atoms with Gasteiger partial charge in [0.2, 0.25) is 15.9 Å². The summed E-state index contributed by atoms with van der Waals surface area (Å²) in [5, 5.41) is 5.19. The van der Waals surface area contributed by atoms with Gasteiger partial charge in [0.25, 0.3) is 0 Å². The first-order valence-corrected chi connectivity index (χ1v) is 14.2. The van der Waals surface area contributed by atoms with E-state index in [-0.39, 0.29) is 46.3 Å². The van der Waals surface area contributed by atoms with Gasteiger partial charge in [-0.3, -0.25) is 9.59 Å². The summed E-state index contributed by atoms with van der Waals surface area (Å²) in [5.74, 6) is -1.34. The molecule has 3 rings (SSSR count). The fourth-order valence-corrected chi connectivity index (χ4v) is 6.16. The lowest BCUT2D eigenvalue weighted by molar-refractivity contribution is -0.143. The van der Waals surface area contributed by atoms with Crippen molar-refractivity contribution >= 4 is 53.3 Å². The lowest BCUT2D eigenvalue weighted by Crippen LogP contribution is -2.23. The number of benzene rings is 2. The van der Waals surface area contributed by atoms with E-state index in [1.165, 1.54) is 34.9 Å². The quantitative estimate of drug-likeness (QED) is 0.416. The molecule has 0 atom stereocenters. The number of thiazole rings is 1. The highest BCUT2D eigenvalue weighted by Gasteiger charge is 2.17. The van der Waals surface area contributed by atoms with E-state index >= 15 is 0 Å². The van der Waals surface area contributed by atoms with Crippen LogP contribution in [0.4, 0.5) is 0 Å². The first kappa shape index (κ1) is 25.7. The minimum absolute atomic E-state index is 0.0674. The van der Waals surface area contributed by atoms with Gasteiger partial charge < -0.3 is 9.30 Å². The van der Waals surface area contributed by atoms with E-state index in [2.05, 4.69) is 4.99 Å². The van der Waals surface area contributed by atoms with Gasteiger partial charge in [0.1, 0.15) is 6.54 Å². The first-order chi connectivity index (χ1) is 16.0. The maximum atomic E-state index is 12.5. The number of aromatic nitrogens is 1. The van der Waals surface area contributed by atoms with Gasteiger partial charge >= 0.3 is 5.97 Å². The highest BCUT2D eigenvalue weighted by molar-refractivity contribution is 7.91. The zero-order valence-electron chi connectivity index (χ0n) is 18.2. The smallest absolute Gasteiger partial charge is 0.326 e. The van der Waals surface area contributed by atoms with Gasteiger partial charge in [-0.2, -0.15) is 4.99 Å².